The van der Waals surface area contributed by atoms with E-state index in [9.17, 15) is 14.3 Å². The van der Waals surface area contributed by atoms with E-state index in [-0.39, 0.29) is 10.0 Å². The van der Waals surface area contributed by atoms with E-state index in [1.165, 1.54) is 12.1 Å². The van der Waals surface area contributed by atoms with Gasteiger partial charge in [-0.2, -0.15) is 0 Å². The number of halogens is 3. The highest BCUT2D eigenvalue weighted by molar-refractivity contribution is 6.35. The van der Waals surface area contributed by atoms with Crippen LogP contribution in [0.2, 0.25) is 10.0 Å². The number of carboxylic acid groups (broad SMARTS) is 1. The Kier molecular flexibility index (Phi) is 3.83. The quantitative estimate of drug-likeness (QED) is 0.819. The molecule has 1 fully saturated rings. The fourth-order valence-corrected chi connectivity index (χ4v) is 3.10. The Labute approximate surface area is 115 Å². The molecule has 0 aromatic heterocycles. The van der Waals surface area contributed by atoms with E-state index < -0.39 is 17.2 Å². The molecular weight excluding hydrogens is 278 g/mol. The molecule has 0 radical (unpaired) electrons. The monoisotopic (exact) mass is 290 g/mol. The highest BCUT2D eigenvalue weighted by Crippen LogP contribution is 2.42. The van der Waals surface area contributed by atoms with Gasteiger partial charge in [0.1, 0.15) is 0 Å². The number of rotatable bonds is 2. The van der Waals surface area contributed by atoms with E-state index in [1.807, 2.05) is 0 Å². The molecule has 0 heterocycles. The summed E-state index contributed by atoms with van der Waals surface area (Å²) in [6, 6.07) is 2.78. The predicted octanol–water partition coefficient (Wildman–Crippen LogP) is 4.42. The summed E-state index contributed by atoms with van der Waals surface area (Å²) in [7, 11) is 0. The lowest BCUT2D eigenvalue weighted by atomic mass is 9.69. The number of aliphatic carboxylic acids is 1. The number of hydrogen-bond acceptors (Lipinski definition) is 1. The summed E-state index contributed by atoms with van der Waals surface area (Å²) in [6.07, 6.45) is 3.80. The maximum absolute atomic E-state index is 13.4. The van der Waals surface area contributed by atoms with Crippen LogP contribution in [0.25, 0.3) is 0 Å². The minimum atomic E-state index is -0.973. The van der Waals surface area contributed by atoms with Crippen LogP contribution in [0.3, 0.4) is 0 Å². The smallest absolute Gasteiger partial charge is 0.314 e. The van der Waals surface area contributed by atoms with Crippen molar-refractivity contribution >= 4 is 29.2 Å². The van der Waals surface area contributed by atoms with Gasteiger partial charge in [-0.05, 0) is 30.5 Å². The number of carbonyl (C=O) groups is 1. The van der Waals surface area contributed by atoms with Crippen molar-refractivity contribution in [2.75, 3.05) is 0 Å². The molecule has 0 amide bonds. The second kappa shape index (κ2) is 5.06. The summed E-state index contributed by atoms with van der Waals surface area (Å²) < 4.78 is 13.4. The molecule has 5 heteroatoms. The van der Waals surface area contributed by atoms with Crippen molar-refractivity contribution in [3.63, 3.8) is 0 Å². The lowest BCUT2D eigenvalue weighted by Crippen LogP contribution is -2.37. The molecule has 1 aliphatic rings. The van der Waals surface area contributed by atoms with Gasteiger partial charge in [-0.15, -0.1) is 0 Å². The molecule has 1 aliphatic carbocycles. The van der Waals surface area contributed by atoms with Crippen molar-refractivity contribution in [2.24, 2.45) is 0 Å². The van der Waals surface area contributed by atoms with Gasteiger partial charge in [0, 0.05) is 0 Å². The maximum atomic E-state index is 13.4. The number of hydrogen-bond donors (Lipinski definition) is 1. The Balaban J connectivity index is 2.52. The summed E-state index contributed by atoms with van der Waals surface area (Å²) in [5.74, 6) is -1.58. The Bertz CT molecular complexity index is 459. The third-order valence-corrected chi connectivity index (χ3v) is 4.20. The minimum absolute atomic E-state index is 0.122. The van der Waals surface area contributed by atoms with Crippen molar-refractivity contribution in [3.8, 4) is 0 Å². The third-order valence-electron chi connectivity index (χ3n) is 3.65. The standard InChI is InChI=1S/C13H13Cl2FO2/c14-9-6-8(7-10(15)11(9)16)13(12(17)18)4-2-1-3-5-13/h6-7H,1-5H2,(H,17,18). The van der Waals surface area contributed by atoms with Gasteiger partial charge in [0.15, 0.2) is 5.82 Å². The maximum Gasteiger partial charge on any atom is 0.314 e. The summed E-state index contributed by atoms with van der Waals surface area (Å²) in [5, 5.41) is 9.27. The number of benzene rings is 1. The van der Waals surface area contributed by atoms with Crippen LogP contribution in [0.5, 0.6) is 0 Å². The normalized spacial score (nSPS) is 18.6. The molecule has 1 aromatic carbocycles. The summed E-state index contributed by atoms with van der Waals surface area (Å²) in [5.41, 5.74) is -0.467. The SMILES string of the molecule is O=C(O)C1(c2cc(Cl)c(F)c(Cl)c2)CCCCC1. The van der Waals surface area contributed by atoms with Gasteiger partial charge < -0.3 is 5.11 Å². The van der Waals surface area contributed by atoms with Crippen molar-refractivity contribution in [1.82, 2.24) is 0 Å². The molecule has 1 aromatic rings. The molecule has 0 spiro atoms. The molecule has 18 heavy (non-hydrogen) atoms. The van der Waals surface area contributed by atoms with Crippen LogP contribution < -0.4 is 0 Å². The van der Waals surface area contributed by atoms with Crippen molar-refractivity contribution < 1.29 is 14.3 Å². The molecule has 0 bridgehead atoms. The molecule has 98 valence electrons. The molecular formula is C13H13Cl2FO2. The second-order valence-electron chi connectivity index (χ2n) is 4.70. The van der Waals surface area contributed by atoms with Crippen molar-refractivity contribution in [3.05, 3.63) is 33.6 Å². The van der Waals surface area contributed by atoms with Gasteiger partial charge in [-0.3, -0.25) is 4.79 Å². The van der Waals surface area contributed by atoms with Crippen LogP contribution in [0.1, 0.15) is 37.7 Å². The lowest BCUT2D eigenvalue weighted by Gasteiger charge is -2.33. The summed E-state index contributed by atoms with van der Waals surface area (Å²) >= 11 is 11.5. The van der Waals surface area contributed by atoms with E-state index in [2.05, 4.69) is 0 Å². The Morgan fingerprint density at radius 3 is 2.11 bits per heavy atom. The van der Waals surface area contributed by atoms with Crippen molar-refractivity contribution in [2.45, 2.75) is 37.5 Å². The first-order valence-corrected chi connectivity index (χ1v) is 6.61. The Morgan fingerprint density at radius 1 is 1.17 bits per heavy atom. The van der Waals surface area contributed by atoms with E-state index in [0.29, 0.717) is 18.4 Å². The van der Waals surface area contributed by atoms with Gasteiger partial charge in [0.2, 0.25) is 0 Å². The van der Waals surface area contributed by atoms with Gasteiger partial charge in [-0.1, -0.05) is 42.5 Å². The first-order valence-electron chi connectivity index (χ1n) is 5.86. The Morgan fingerprint density at radius 2 is 1.67 bits per heavy atom. The molecule has 2 nitrogen and oxygen atoms in total. The van der Waals surface area contributed by atoms with E-state index >= 15 is 0 Å². The Hall–Kier alpha value is -0.800. The zero-order valence-electron chi connectivity index (χ0n) is 9.68. The van der Waals surface area contributed by atoms with Crippen LogP contribution in [0.4, 0.5) is 4.39 Å². The van der Waals surface area contributed by atoms with Crippen LogP contribution in [0, 0.1) is 5.82 Å². The van der Waals surface area contributed by atoms with Crippen molar-refractivity contribution in [1.29, 1.82) is 0 Å². The molecule has 0 saturated heterocycles. The molecule has 2 rings (SSSR count). The number of carboxylic acids is 1. The largest absolute Gasteiger partial charge is 0.481 e. The first kappa shape index (κ1) is 13.6. The third kappa shape index (κ3) is 2.21. The molecule has 0 unspecified atom stereocenters. The zero-order valence-corrected chi connectivity index (χ0v) is 11.2. The van der Waals surface area contributed by atoms with Crippen LogP contribution in [0.15, 0.2) is 12.1 Å². The van der Waals surface area contributed by atoms with Gasteiger partial charge >= 0.3 is 5.97 Å². The average Bonchev–Trinajstić information content (AvgIpc) is 2.36. The van der Waals surface area contributed by atoms with Crippen LogP contribution >= 0.6 is 23.2 Å². The van der Waals surface area contributed by atoms with E-state index in [1.54, 1.807) is 0 Å². The van der Waals surface area contributed by atoms with E-state index in [4.69, 9.17) is 23.2 Å². The summed E-state index contributed by atoms with van der Waals surface area (Å²) in [6.45, 7) is 0. The van der Waals surface area contributed by atoms with Gasteiger partial charge in [-0.25, -0.2) is 4.39 Å². The molecule has 0 aliphatic heterocycles. The van der Waals surface area contributed by atoms with Gasteiger partial charge in [0.05, 0.1) is 15.5 Å². The van der Waals surface area contributed by atoms with E-state index in [0.717, 1.165) is 19.3 Å². The predicted molar refractivity (Wildman–Crippen MR) is 68.8 cm³/mol. The van der Waals surface area contributed by atoms with Crippen LogP contribution in [-0.4, -0.2) is 11.1 Å². The highest BCUT2D eigenvalue weighted by atomic mass is 35.5. The zero-order chi connectivity index (χ0) is 13.3. The topological polar surface area (TPSA) is 37.3 Å². The molecule has 1 saturated carbocycles. The minimum Gasteiger partial charge on any atom is -0.481 e. The second-order valence-corrected chi connectivity index (χ2v) is 5.52. The lowest BCUT2D eigenvalue weighted by molar-refractivity contribution is -0.145. The molecule has 0 atom stereocenters. The van der Waals surface area contributed by atoms with Gasteiger partial charge in [0.25, 0.3) is 0 Å². The van der Waals surface area contributed by atoms with Crippen LogP contribution in [-0.2, 0) is 10.2 Å². The highest BCUT2D eigenvalue weighted by Gasteiger charge is 2.41. The molecule has 1 N–H and O–H groups in total. The summed E-state index contributed by atoms with van der Waals surface area (Å²) in [4.78, 5) is 11.6. The fourth-order valence-electron chi connectivity index (χ4n) is 2.61. The average molecular weight is 291 g/mol. The first-order chi connectivity index (χ1) is 8.47. The fraction of sp³-hybridized carbons (Fsp3) is 0.462.